The molecule has 0 aromatic carbocycles. The first-order chi connectivity index (χ1) is 68.0. The Morgan fingerprint density at radius 2 is 0.669 bits per heavy atom. The van der Waals surface area contributed by atoms with E-state index in [2.05, 4.69) is 95.4 Å². The number of amides is 19. The van der Waals surface area contributed by atoms with Crippen LogP contribution in [0.2, 0.25) is 0 Å². The highest BCUT2D eigenvalue weighted by Crippen LogP contribution is 2.25. The van der Waals surface area contributed by atoms with Gasteiger partial charge in [-0.1, -0.05) is 96.9 Å². The molecule has 0 saturated carbocycles. The molecule has 2 heterocycles. The van der Waals surface area contributed by atoms with Gasteiger partial charge in [0.15, 0.2) is 5.96 Å². The van der Waals surface area contributed by atoms with Gasteiger partial charge in [0.05, 0.1) is 25.7 Å². The summed E-state index contributed by atoms with van der Waals surface area (Å²) >= 11 is 2.87. The van der Waals surface area contributed by atoms with Crippen molar-refractivity contribution in [2.24, 2.45) is 69.4 Å². The molecular formula is C95H168N24O24S2. The Bertz CT molecular complexity index is 4320. The predicted octanol–water partition coefficient (Wildman–Crippen LogP) is -3.19. The lowest BCUT2D eigenvalue weighted by atomic mass is 9.98. The fourth-order valence-corrected chi connectivity index (χ4v) is 17.0. The van der Waals surface area contributed by atoms with Gasteiger partial charge in [-0.25, -0.2) is 4.79 Å². The number of carbonyl (C=O) groups is 21. The van der Waals surface area contributed by atoms with Gasteiger partial charge < -0.3 is 138 Å². The molecule has 2 rings (SSSR count). The molecule has 2 aliphatic rings. The number of aliphatic hydroxyl groups excluding tert-OH is 1. The molecule has 19 amide bonds. The number of aliphatic carboxylic acids is 2. The van der Waals surface area contributed by atoms with Gasteiger partial charge in [-0.2, -0.15) is 23.5 Å². The van der Waals surface area contributed by atoms with Crippen LogP contribution in [0.3, 0.4) is 0 Å². The summed E-state index contributed by atoms with van der Waals surface area (Å²) in [5, 5.41) is 72.9. The lowest BCUT2D eigenvalue weighted by Gasteiger charge is -2.31. The first-order valence-electron chi connectivity index (χ1n) is 50.2. The van der Waals surface area contributed by atoms with Crippen LogP contribution in [0.5, 0.6) is 0 Å². The van der Waals surface area contributed by atoms with E-state index in [1.54, 1.807) is 89.3 Å². The first kappa shape index (κ1) is 130. The Balaban J connectivity index is 2.25. The second-order valence-corrected chi connectivity index (χ2v) is 42.1. The third-order valence-corrected chi connectivity index (χ3v) is 24.9. The van der Waals surface area contributed by atoms with Crippen molar-refractivity contribution in [3.63, 3.8) is 0 Å². The Hall–Kier alpha value is -11.3. The van der Waals surface area contributed by atoms with Crippen molar-refractivity contribution in [2.75, 3.05) is 69.9 Å². The maximum absolute atomic E-state index is 14.5. The van der Waals surface area contributed by atoms with Crippen LogP contribution < -0.4 is 113 Å². The van der Waals surface area contributed by atoms with Crippen LogP contribution in [0.4, 0.5) is 0 Å². The van der Waals surface area contributed by atoms with Crippen LogP contribution in [0.15, 0.2) is 4.99 Å². The predicted molar refractivity (Wildman–Crippen MR) is 546 cm³/mol. The summed E-state index contributed by atoms with van der Waals surface area (Å²) in [6.07, 6.45) is 5.20. The molecule has 48 nitrogen and oxygen atoms in total. The van der Waals surface area contributed by atoms with E-state index in [1.165, 1.54) is 54.1 Å². The third-order valence-electron chi connectivity index (χ3n) is 23.6. The molecule has 0 aliphatic carbocycles. The number of hydrogen-bond donors (Lipinski definition) is 24. The molecule has 28 N–H and O–H groups in total. The van der Waals surface area contributed by atoms with Gasteiger partial charge in [0.1, 0.15) is 103 Å². The van der Waals surface area contributed by atoms with Crippen molar-refractivity contribution in [2.45, 2.75) is 355 Å². The SMILES string of the molecule is CSCC[C@H](NC(=O)[C@H](C)NC(=O)CNC(=O)[C@@H]1CCCN1C(=O)[C@H](CC(C)C)NC(=O)[C@H](CCCN=C(N)N)NC(=O)[C@@H](N)CCSC)C(=O)N1CCC[C@H]1C(=O)N[C@@H](C)C(=O)N[C@@H](CC(C)C)C(=O)N[C@@H](C)C(=O)N[C@@H](CC(C)C)C(=O)N[C@@H](CCCCN)C(=O)NCC(=O)N[C@@H](CCC(=O)O)C(=O)N[C@@H](CC(C)C)C(=O)N[C@@H](CC(C)C)C(=O)N[C@@H](CC(C)C)C(=O)N[C@@H](CC(C)C)C(=O)N[C@@H](CO)C(=O)O. The summed E-state index contributed by atoms with van der Waals surface area (Å²) in [7, 11) is 0. The van der Waals surface area contributed by atoms with Crippen molar-refractivity contribution in [1.29, 1.82) is 0 Å². The zero-order valence-corrected chi connectivity index (χ0v) is 89.5. The van der Waals surface area contributed by atoms with Gasteiger partial charge in [-0.3, -0.25) is 101 Å². The minimum Gasteiger partial charge on any atom is -0.481 e. The summed E-state index contributed by atoms with van der Waals surface area (Å²) in [4.78, 5) is 297. The number of likely N-dealkylation sites (tertiary alicyclic amines) is 2. The largest absolute Gasteiger partial charge is 0.481 e. The fourth-order valence-electron chi connectivity index (χ4n) is 16.1. The fraction of sp³-hybridized carbons (Fsp3) is 0.768. The smallest absolute Gasteiger partial charge is 0.328 e. The van der Waals surface area contributed by atoms with Gasteiger partial charge in [0.25, 0.3) is 0 Å². The van der Waals surface area contributed by atoms with E-state index < -0.39 is 265 Å². The van der Waals surface area contributed by atoms with Gasteiger partial charge in [-0.15, -0.1) is 0 Å². The average Bonchev–Trinajstić information content (AvgIpc) is 1.70. The third kappa shape index (κ3) is 49.7. The van der Waals surface area contributed by atoms with Crippen LogP contribution in [0, 0.1) is 41.4 Å². The molecule has 0 aromatic rings. The van der Waals surface area contributed by atoms with Crippen LogP contribution >= 0.6 is 23.5 Å². The number of guanidine groups is 1. The van der Waals surface area contributed by atoms with Crippen LogP contribution in [-0.4, -0.2) is 334 Å². The molecule has 0 aromatic heterocycles. The quantitative estimate of drug-likeness (QED) is 0.0162. The Morgan fingerprint density at radius 1 is 0.345 bits per heavy atom. The highest BCUT2D eigenvalue weighted by molar-refractivity contribution is 7.98. The zero-order valence-electron chi connectivity index (χ0n) is 87.8. The molecule has 0 spiro atoms. The first-order valence-corrected chi connectivity index (χ1v) is 53.0. The van der Waals surface area contributed by atoms with E-state index >= 15 is 0 Å². The Labute approximate surface area is 859 Å². The monoisotopic (exact) mass is 2090 g/mol. The minimum absolute atomic E-state index is 0.00419. The zero-order chi connectivity index (χ0) is 110. The summed E-state index contributed by atoms with van der Waals surface area (Å²) in [5.74, 6) is -18.8. The summed E-state index contributed by atoms with van der Waals surface area (Å²) in [6.45, 7) is 27.0. The number of aliphatic imine (C=N–C) groups is 1. The standard InChI is InChI=1S/C95H168N24O24S2/c1-49(2)39-64(110-79(127)58(17)105-91(139)73-28-24-36-119(73)92(140)63(32-38-145-19)109-77(125)56(15)103-74(121)46-102-90(138)72-27-23-35-118(72)93(141)70(45-55(13)14)116-82(130)61(26-22-34-100-95(98)99)107-80(128)59(97)31-37-144-18)84(132)104-57(16)78(126)111-65(40-50(3)4)85(133)108-60(25-20-21-33-96)81(129)101-47-75(122)106-62(29-30-76(123)124)83(131)112-66(41-51(5)6)86(134)113-67(42-52(7)8)87(135)114-68(43-53(9)10)88(136)115-69(44-54(11)12)89(137)117-71(48-120)94(142)143/h49-73,120H,20-48,96-97H2,1-19H3,(H,101,129)(H,102,138)(H,103,121)(H,104,132)(H,105,139)(H,106,122)(H,107,128)(H,108,133)(H,109,125)(H,110,127)(H,111,126)(H,112,131)(H,113,134)(H,114,135)(H,115,136)(H,116,130)(H,117,137)(H,123,124)(H,142,143)(H4,98,99,100)/t56-,57-,58-,59-,60-,61-,62-,63-,64-,65-,66-,67-,68-,69-,70-,71-,72-,73-/m0/s1. The van der Waals surface area contributed by atoms with Crippen molar-refractivity contribution in [3.8, 4) is 0 Å². The van der Waals surface area contributed by atoms with Gasteiger partial charge >= 0.3 is 11.9 Å². The molecular weight excluding hydrogens is 1930 g/mol. The van der Waals surface area contributed by atoms with E-state index in [0.717, 1.165) is 0 Å². The topological polar surface area (TPSA) is 747 Å². The number of rotatable bonds is 69. The Kier molecular flexibility index (Phi) is 60.4. The highest BCUT2D eigenvalue weighted by Gasteiger charge is 2.44. The summed E-state index contributed by atoms with van der Waals surface area (Å²) in [6, 6.07) is -23.2. The van der Waals surface area contributed by atoms with Crippen LogP contribution in [-0.2, 0) is 101 Å². The number of thioether (sulfide) groups is 2. The molecule has 2 saturated heterocycles. The average molecular weight is 2090 g/mol. The summed E-state index contributed by atoms with van der Waals surface area (Å²) in [5.41, 5.74) is 22.9. The molecule has 0 unspecified atom stereocenters. The van der Waals surface area contributed by atoms with E-state index in [0.29, 0.717) is 37.2 Å². The number of carbonyl (C=O) groups excluding carboxylic acids is 19. The van der Waals surface area contributed by atoms with Crippen LogP contribution in [0.1, 0.15) is 246 Å². The number of nitrogens with one attached hydrogen (secondary N) is 17. The molecule has 18 atom stereocenters. The van der Waals surface area contributed by atoms with E-state index in [1.807, 2.05) is 20.1 Å². The number of nitrogens with two attached hydrogens (primary N) is 4. The maximum Gasteiger partial charge on any atom is 0.328 e. The van der Waals surface area contributed by atoms with Gasteiger partial charge in [0, 0.05) is 26.1 Å². The molecule has 0 radical (unpaired) electrons. The second-order valence-electron chi connectivity index (χ2n) is 40.1. The van der Waals surface area contributed by atoms with E-state index in [9.17, 15) is 116 Å². The molecule has 2 aliphatic heterocycles. The lowest BCUT2D eigenvalue weighted by molar-refractivity contribution is -0.143. The van der Waals surface area contributed by atoms with Crippen molar-refractivity contribution in [1.82, 2.24) is 100 Å². The van der Waals surface area contributed by atoms with E-state index in [-0.39, 0.29) is 163 Å². The van der Waals surface area contributed by atoms with Gasteiger partial charge in [0.2, 0.25) is 112 Å². The van der Waals surface area contributed by atoms with Crippen LogP contribution in [0.25, 0.3) is 0 Å². The molecule has 0 bridgehead atoms. The lowest BCUT2D eigenvalue weighted by Crippen LogP contribution is -2.60. The van der Waals surface area contributed by atoms with E-state index in [4.69, 9.17) is 22.9 Å². The number of carboxylic acid groups (broad SMARTS) is 2. The Morgan fingerprint density at radius 3 is 1.08 bits per heavy atom. The normalized spacial score (nSPS) is 16.8. The maximum atomic E-state index is 14.5. The highest BCUT2D eigenvalue weighted by atomic mass is 32.2. The number of hydrogen-bond acceptors (Lipinski definition) is 27. The number of aliphatic hydroxyl groups is 1. The minimum atomic E-state index is -1.67. The van der Waals surface area contributed by atoms with Crippen molar-refractivity contribution in [3.05, 3.63) is 0 Å². The number of carboxylic acids is 2. The number of nitrogens with zero attached hydrogens (tertiary/aromatic N) is 3. The molecule has 50 heteroatoms. The van der Waals surface area contributed by atoms with Crippen molar-refractivity contribution >= 4 is 154 Å². The van der Waals surface area contributed by atoms with Crippen molar-refractivity contribution < 1.29 is 116 Å². The van der Waals surface area contributed by atoms with Gasteiger partial charge in [-0.05, 0) is 215 Å². The number of unbranched alkanes of at least 4 members (excludes halogenated alkanes) is 1. The summed E-state index contributed by atoms with van der Waals surface area (Å²) < 4.78 is 0. The molecule has 145 heavy (non-hydrogen) atoms. The second kappa shape index (κ2) is 67.5. The molecule has 2 fully saturated rings. The molecule has 824 valence electrons.